The van der Waals surface area contributed by atoms with Crippen LogP contribution in [0.1, 0.15) is 90.9 Å². The van der Waals surface area contributed by atoms with Crippen molar-refractivity contribution in [3.8, 4) is 0 Å². The van der Waals surface area contributed by atoms with Crippen LogP contribution in [0.5, 0.6) is 0 Å². The lowest BCUT2D eigenvalue weighted by atomic mass is 10.0. The van der Waals surface area contributed by atoms with Gasteiger partial charge in [-0.2, -0.15) is 11.8 Å². The van der Waals surface area contributed by atoms with E-state index in [0.29, 0.717) is 6.04 Å². The van der Waals surface area contributed by atoms with Gasteiger partial charge in [0.1, 0.15) is 0 Å². The molecule has 3 heteroatoms. The molecule has 0 aliphatic rings. The Morgan fingerprint density at radius 1 is 0.800 bits per heavy atom. The van der Waals surface area contributed by atoms with Crippen molar-refractivity contribution in [2.75, 3.05) is 11.5 Å². The van der Waals surface area contributed by atoms with Gasteiger partial charge in [-0.05, 0) is 18.6 Å². The van der Waals surface area contributed by atoms with Crippen molar-refractivity contribution >= 4 is 11.8 Å². The Bertz CT molecular complexity index is 176. The Morgan fingerprint density at radius 3 is 1.85 bits per heavy atom. The molecule has 0 spiro atoms. The summed E-state index contributed by atoms with van der Waals surface area (Å²) in [6.45, 7) is 4.52. The standard InChI is InChI=1S/C17H38N2S/c1-3-5-6-7-8-9-10-11-12-13-14-17(19-18)16-20-15-4-2/h17,19H,3-16,18H2,1-2H3. The maximum atomic E-state index is 5.61. The Labute approximate surface area is 132 Å². The van der Waals surface area contributed by atoms with Gasteiger partial charge in [-0.3, -0.25) is 11.3 Å². The van der Waals surface area contributed by atoms with Crippen LogP contribution in [-0.2, 0) is 0 Å². The first-order valence-corrected chi connectivity index (χ1v) is 10.0. The topological polar surface area (TPSA) is 38.0 Å². The summed E-state index contributed by atoms with van der Waals surface area (Å²) in [4.78, 5) is 0. The molecule has 0 saturated carbocycles. The van der Waals surface area contributed by atoms with E-state index in [1.54, 1.807) is 0 Å². The number of hydrazine groups is 1. The zero-order valence-electron chi connectivity index (χ0n) is 14.0. The van der Waals surface area contributed by atoms with Crippen molar-refractivity contribution in [2.45, 2.75) is 96.9 Å². The van der Waals surface area contributed by atoms with Crippen LogP contribution in [0.2, 0.25) is 0 Å². The van der Waals surface area contributed by atoms with E-state index >= 15 is 0 Å². The highest BCUT2D eigenvalue weighted by Gasteiger charge is 2.05. The molecule has 0 amide bonds. The summed E-state index contributed by atoms with van der Waals surface area (Å²) < 4.78 is 0. The van der Waals surface area contributed by atoms with Crippen molar-refractivity contribution in [1.82, 2.24) is 5.43 Å². The van der Waals surface area contributed by atoms with Gasteiger partial charge in [0.05, 0.1) is 0 Å². The first-order valence-electron chi connectivity index (χ1n) is 8.89. The Kier molecular flexibility index (Phi) is 17.6. The molecule has 0 rings (SSSR count). The predicted octanol–water partition coefficient (Wildman–Crippen LogP) is 5.27. The third kappa shape index (κ3) is 14.7. The first-order chi connectivity index (χ1) is 9.85. The summed E-state index contributed by atoms with van der Waals surface area (Å²) in [6.07, 6.45) is 16.6. The average molecular weight is 303 g/mol. The van der Waals surface area contributed by atoms with Crippen molar-refractivity contribution in [1.29, 1.82) is 0 Å². The highest BCUT2D eigenvalue weighted by atomic mass is 32.2. The predicted molar refractivity (Wildman–Crippen MR) is 95.2 cm³/mol. The molecule has 0 aromatic heterocycles. The van der Waals surface area contributed by atoms with E-state index < -0.39 is 0 Å². The Morgan fingerprint density at radius 2 is 1.35 bits per heavy atom. The number of rotatable bonds is 16. The van der Waals surface area contributed by atoms with Crippen molar-refractivity contribution in [2.24, 2.45) is 5.84 Å². The molecule has 0 aliphatic heterocycles. The smallest absolute Gasteiger partial charge is 0.0301 e. The fraction of sp³-hybridized carbons (Fsp3) is 1.00. The fourth-order valence-corrected chi connectivity index (χ4v) is 3.47. The van der Waals surface area contributed by atoms with Gasteiger partial charge < -0.3 is 0 Å². The average Bonchev–Trinajstić information content (AvgIpc) is 2.47. The SMILES string of the molecule is CCCCCCCCCCCCC(CSCCC)NN. The second-order valence-electron chi connectivity index (χ2n) is 5.91. The number of unbranched alkanes of at least 4 members (excludes halogenated alkanes) is 9. The molecule has 0 radical (unpaired) electrons. The highest BCUT2D eigenvalue weighted by Crippen LogP contribution is 2.13. The van der Waals surface area contributed by atoms with E-state index in [9.17, 15) is 0 Å². The van der Waals surface area contributed by atoms with Gasteiger partial charge in [-0.25, -0.2) is 0 Å². The largest absolute Gasteiger partial charge is 0.271 e. The van der Waals surface area contributed by atoms with Gasteiger partial charge in [-0.15, -0.1) is 0 Å². The number of hydrogen-bond acceptors (Lipinski definition) is 3. The Balaban J connectivity index is 3.20. The van der Waals surface area contributed by atoms with Crippen LogP contribution in [0.25, 0.3) is 0 Å². The molecule has 20 heavy (non-hydrogen) atoms. The number of thioether (sulfide) groups is 1. The van der Waals surface area contributed by atoms with Crippen LogP contribution in [-0.4, -0.2) is 17.5 Å². The molecule has 1 atom stereocenters. The molecule has 122 valence electrons. The van der Waals surface area contributed by atoms with E-state index in [4.69, 9.17) is 5.84 Å². The second kappa shape index (κ2) is 17.3. The normalized spacial score (nSPS) is 12.8. The van der Waals surface area contributed by atoms with Crippen LogP contribution in [0, 0.1) is 0 Å². The van der Waals surface area contributed by atoms with E-state index in [-0.39, 0.29) is 0 Å². The third-order valence-electron chi connectivity index (χ3n) is 3.81. The lowest BCUT2D eigenvalue weighted by molar-refractivity contribution is 0.490. The second-order valence-corrected chi connectivity index (χ2v) is 7.06. The molecule has 0 fully saturated rings. The van der Waals surface area contributed by atoms with E-state index in [2.05, 4.69) is 19.3 Å². The molecule has 1 unspecified atom stereocenters. The van der Waals surface area contributed by atoms with Crippen molar-refractivity contribution in [3.05, 3.63) is 0 Å². The third-order valence-corrected chi connectivity index (χ3v) is 5.14. The minimum Gasteiger partial charge on any atom is -0.271 e. The molecule has 0 aromatic carbocycles. The lowest BCUT2D eigenvalue weighted by Crippen LogP contribution is -2.37. The van der Waals surface area contributed by atoms with Crippen LogP contribution in [0.3, 0.4) is 0 Å². The lowest BCUT2D eigenvalue weighted by Gasteiger charge is -2.15. The molecule has 2 nitrogen and oxygen atoms in total. The van der Waals surface area contributed by atoms with Crippen LogP contribution in [0.4, 0.5) is 0 Å². The fourth-order valence-electron chi connectivity index (χ4n) is 2.46. The zero-order chi connectivity index (χ0) is 14.9. The maximum Gasteiger partial charge on any atom is 0.0301 e. The quantitative estimate of drug-likeness (QED) is 0.232. The van der Waals surface area contributed by atoms with Crippen molar-refractivity contribution < 1.29 is 0 Å². The van der Waals surface area contributed by atoms with Gasteiger partial charge in [0.25, 0.3) is 0 Å². The summed E-state index contributed by atoms with van der Waals surface area (Å²) >= 11 is 2.02. The monoisotopic (exact) mass is 302 g/mol. The molecular weight excluding hydrogens is 264 g/mol. The van der Waals surface area contributed by atoms with E-state index in [1.807, 2.05) is 11.8 Å². The van der Waals surface area contributed by atoms with Crippen molar-refractivity contribution in [3.63, 3.8) is 0 Å². The van der Waals surface area contributed by atoms with Crippen LogP contribution < -0.4 is 11.3 Å². The van der Waals surface area contributed by atoms with Crippen LogP contribution >= 0.6 is 11.8 Å². The molecule has 0 aliphatic carbocycles. The molecule has 3 N–H and O–H groups in total. The minimum absolute atomic E-state index is 0.514. The van der Waals surface area contributed by atoms with Gasteiger partial charge in [0.2, 0.25) is 0 Å². The number of nitrogens with one attached hydrogen (secondary N) is 1. The number of nitrogens with two attached hydrogens (primary N) is 1. The molecular formula is C17H38N2S. The van der Waals surface area contributed by atoms with Gasteiger partial charge in [-0.1, -0.05) is 78.1 Å². The van der Waals surface area contributed by atoms with E-state index in [1.165, 1.54) is 88.6 Å². The van der Waals surface area contributed by atoms with Gasteiger partial charge in [0, 0.05) is 11.8 Å². The van der Waals surface area contributed by atoms with E-state index in [0.717, 1.165) is 0 Å². The summed E-state index contributed by atoms with van der Waals surface area (Å²) in [5.41, 5.74) is 2.97. The maximum absolute atomic E-state index is 5.61. The molecule has 0 bridgehead atoms. The first kappa shape index (κ1) is 20.3. The molecule has 0 aromatic rings. The summed E-state index contributed by atoms with van der Waals surface area (Å²) in [6, 6.07) is 0.514. The van der Waals surface area contributed by atoms with Gasteiger partial charge >= 0.3 is 0 Å². The van der Waals surface area contributed by atoms with Crippen LogP contribution in [0.15, 0.2) is 0 Å². The number of hydrogen-bond donors (Lipinski definition) is 2. The highest BCUT2D eigenvalue weighted by molar-refractivity contribution is 7.99. The molecule has 0 heterocycles. The summed E-state index contributed by atoms with van der Waals surface area (Å²) in [5.74, 6) is 8.04. The summed E-state index contributed by atoms with van der Waals surface area (Å²) in [5, 5.41) is 0. The van der Waals surface area contributed by atoms with Gasteiger partial charge in [0.15, 0.2) is 0 Å². The minimum atomic E-state index is 0.514. The molecule has 0 saturated heterocycles. The Hall–Kier alpha value is 0.270. The zero-order valence-corrected chi connectivity index (χ0v) is 14.8. The summed E-state index contributed by atoms with van der Waals surface area (Å²) in [7, 11) is 0.